The molecule has 0 aliphatic rings. The minimum atomic E-state index is -0.564. The van der Waals surface area contributed by atoms with Gasteiger partial charge in [-0.1, -0.05) is 18.2 Å². The van der Waals surface area contributed by atoms with Crippen molar-refractivity contribution in [1.29, 1.82) is 0 Å². The topological polar surface area (TPSA) is 105 Å². The highest BCUT2D eigenvalue weighted by Crippen LogP contribution is 2.21. The summed E-state index contributed by atoms with van der Waals surface area (Å²) in [4.78, 5) is 20.5. The number of hydrogen-bond donors (Lipinski definition) is 2. The third kappa shape index (κ3) is 3.44. The Kier molecular flexibility index (Phi) is 4.74. The van der Waals surface area contributed by atoms with E-state index in [-0.39, 0.29) is 11.6 Å². The van der Waals surface area contributed by atoms with Crippen LogP contribution in [0.1, 0.15) is 33.1 Å². The van der Waals surface area contributed by atoms with Gasteiger partial charge in [-0.15, -0.1) is 11.7 Å². The van der Waals surface area contributed by atoms with Gasteiger partial charge in [0.1, 0.15) is 5.75 Å². The van der Waals surface area contributed by atoms with Gasteiger partial charge in [0.2, 0.25) is 5.82 Å². The van der Waals surface area contributed by atoms with Gasteiger partial charge in [0.25, 0.3) is 5.78 Å². The average molecular weight is 350 g/mol. The van der Waals surface area contributed by atoms with Crippen molar-refractivity contribution in [2.75, 3.05) is 0 Å². The van der Waals surface area contributed by atoms with Crippen molar-refractivity contribution < 1.29 is 9.90 Å². The van der Waals surface area contributed by atoms with E-state index in [0.29, 0.717) is 17.8 Å². The van der Waals surface area contributed by atoms with Crippen molar-refractivity contribution in [3.05, 3.63) is 65.3 Å². The number of phenols is 1. The van der Waals surface area contributed by atoms with Gasteiger partial charge < -0.3 is 5.11 Å². The Balaban J connectivity index is 1.77. The number of amides is 1. The van der Waals surface area contributed by atoms with E-state index < -0.39 is 5.91 Å². The monoisotopic (exact) mass is 350 g/mol. The maximum Gasteiger partial charge on any atom is 0.311 e. The van der Waals surface area contributed by atoms with Crippen LogP contribution in [0.4, 0.5) is 0 Å². The fraction of sp³-hybridized carbons (Fsp3) is 0.167. The molecule has 0 atom stereocenters. The number of allylic oxidation sites excluding steroid dienone is 1. The number of nitrogens with zero attached hydrogens (tertiary/aromatic N) is 5. The summed E-state index contributed by atoms with van der Waals surface area (Å²) in [5.41, 5.74) is 5.19. The van der Waals surface area contributed by atoms with E-state index >= 15 is 0 Å². The molecule has 0 fully saturated rings. The third-order valence-corrected chi connectivity index (χ3v) is 3.71. The second-order valence-corrected chi connectivity index (χ2v) is 5.73. The lowest BCUT2D eigenvalue weighted by atomic mass is 10.1. The van der Waals surface area contributed by atoms with Crippen LogP contribution in [0.3, 0.4) is 0 Å². The summed E-state index contributed by atoms with van der Waals surface area (Å²) >= 11 is 0. The molecule has 3 aromatic rings. The number of phenolic OH excluding ortho intramolecular Hbond substituents is 1. The highest BCUT2D eigenvalue weighted by atomic mass is 16.3. The number of para-hydroxylation sites is 1. The normalized spacial score (nSPS) is 11.2. The van der Waals surface area contributed by atoms with Crippen molar-refractivity contribution in [3.63, 3.8) is 0 Å². The number of aryl methyl sites for hydroxylation is 2. The summed E-state index contributed by atoms with van der Waals surface area (Å²) in [6.07, 6.45) is 3.60. The fourth-order valence-electron chi connectivity index (χ4n) is 2.51. The molecule has 0 aliphatic heterocycles. The van der Waals surface area contributed by atoms with Crippen LogP contribution < -0.4 is 5.43 Å². The number of carbonyl (C=O) groups excluding carboxylic acids is 1. The molecule has 3 rings (SSSR count). The molecule has 0 unspecified atom stereocenters. The van der Waals surface area contributed by atoms with E-state index in [0.717, 1.165) is 17.0 Å². The molecule has 8 nitrogen and oxygen atoms in total. The minimum Gasteiger partial charge on any atom is -0.507 e. The van der Waals surface area contributed by atoms with Gasteiger partial charge in [0.15, 0.2) is 0 Å². The summed E-state index contributed by atoms with van der Waals surface area (Å²) in [7, 11) is 0. The summed E-state index contributed by atoms with van der Waals surface area (Å²) < 4.78 is 1.50. The molecule has 0 aliphatic carbocycles. The van der Waals surface area contributed by atoms with Gasteiger partial charge in [0, 0.05) is 17.0 Å². The second-order valence-electron chi connectivity index (χ2n) is 5.73. The maximum absolute atomic E-state index is 12.2. The zero-order valence-electron chi connectivity index (χ0n) is 14.5. The first-order chi connectivity index (χ1) is 12.5. The number of hydrogen-bond acceptors (Lipinski definition) is 6. The molecule has 0 saturated heterocycles. The lowest BCUT2D eigenvalue weighted by Gasteiger charge is -2.04. The molecule has 2 heterocycles. The van der Waals surface area contributed by atoms with Crippen molar-refractivity contribution in [2.24, 2.45) is 5.10 Å². The smallest absolute Gasteiger partial charge is 0.311 e. The predicted molar refractivity (Wildman–Crippen MR) is 97.3 cm³/mol. The van der Waals surface area contributed by atoms with E-state index in [1.54, 1.807) is 24.3 Å². The molecule has 26 heavy (non-hydrogen) atoms. The average Bonchev–Trinajstić information content (AvgIpc) is 3.02. The van der Waals surface area contributed by atoms with E-state index in [2.05, 4.69) is 32.2 Å². The van der Waals surface area contributed by atoms with Crippen molar-refractivity contribution in [1.82, 2.24) is 25.0 Å². The molecule has 2 N–H and O–H groups in total. The van der Waals surface area contributed by atoms with E-state index in [9.17, 15) is 9.90 Å². The summed E-state index contributed by atoms with van der Waals surface area (Å²) in [5.74, 6) is -0.142. The van der Waals surface area contributed by atoms with Gasteiger partial charge in [-0.2, -0.15) is 10.1 Å². The Hall–Kier alpha value is -3.55. The first-order valence-corrected chi connectivity index (χ1v) is 7.95. The molecule has 0 radical (unpaired) electrons. The standard InChI is InChI=1S/C18H18N6O2/c1-4-6-13-7-5-8-14(15(13)25)10-19-22-17(26)16-21-18-20-11(2)9-12(3)24(18)23-16/h4-5,7-10,25H,1,6H2,2-3H3,(H,22,26)/b19-10-. The number of aromatic nitrogens is 4. The van der Waals surface area contributed by atoms with Crippen molar-refractivity contribution in [2.45, 2.75) is 20.3 Å². The van der Waals surface area contributed by atoms with Crippen molar-refractivity contribution >= 4 is 17.9 Å². The molecule has 8 heteroatoms. The predicted octanol–water partition coefficient (Wildman–Crippen LogP) is 1.94. The molecule has 1 amide bonds. The van der Waals surface area contributed by atoms with Crippen LogP contribution in [0.15, 0.2) is 42.0 Å². The minimum absolute atomic E-state index is 0.0343. The second kappa shape index (κ2) is 7.14. The number of rotatable bonds is 5. The first kappa shape index (κ1) is 17.3. The van der Waals surface area contributed by atoms with Crippen LogP contribution in [0.5, 0.6) is 5.75 Å². The molecule has 0 bridgehead atoms. The summed E-state index contributed by atoms with van der Waals surface area (Å²) in [6, 6.07) is 7.13. The van der Waals surface area contributed by atoms with Crippen molar-refractivity contribution in [3.8, 4) is 5.75 Å². The molecular weight excluding hydrogens is 332 g/mol. The Morgan fingerprint density at radius 2 is 2.19 bits per heavy atom. The van der Waals surface area contributed by atoms with Gasteiger partial charge in [-0.25, -0.2) is 14.9 Å². The largest absolute Gasteiger partial charge is 0.507 e. The van der Waals surface area contributed by atoms with E-state index in [1.807, 2.05) is 19.9 Å². The van der Waals surface area contributed by atoms with Gasteiger partial charge in [0.05, 0.1) is 6.21 Å². The highest BCUT2D eigenvalue weighted by Gasteiger charge is 2.14. The number of nitrogens with one attached hydrogen (secondary N) is 1. The Morgan fingerprint density at radius 3 is 2.96 bits per heavy atom. The van der Waals surface area contributed by atoms with E-state index in [4.69, 9.17) is 0 Å². The zero-order valence-corrected chi connectivity index (χ0v) is 14.5. The number of fused-ring (bicyclic) bond motifs is 1. The molecule has 0 spiro atoms. The Bertz CT molecular complexity index is 1020. The number of aromatic hydroxyl groups is 1. The Labute approximate surface area is 149 Å². The zero-order chi connectivity index (χ0) is 18.7. The number of hydrazone groups is 1. The van der Waals surface area contributed by atoms with Gasteiger partial charge >= 0.3 is 5.91 Å². The maximum atomic E-state index is 12.2. The molecule has 132 valence electrons. The lowest BCUT2D eigenvalue weighted by molar-refractivity contribution is 0.0945. The van der Waals surface area contributed by atoms with Crippen LogP contribution in [-0.2, 0) is 6.42 Å². The lowest BCUT2D eigenvalue weighted by Crippen LogP contribution is -2.19. The summed E-state index contributed by atoms with van der Waals surface area (Å²) in [5, 5.41) is 18.2. The third-order valence-electron chi connectivity index (χ3n) is 3.71. The molecule has 1 aromatic carbocycles. The van der Waals surface area contributed by atoms with Gasteiger partial charge in [-0.3, -0.25) is 4.79 Å². The van der Waals surface area contributed by atoms with Crippen LogP contribution in [0, 0.1) is 13.8 Å². The highest BCUT2D eigenvalue weighted by molar-refractivity contribution is 5.92. The van der Waals surface area contributed by atoms with Crippen LogP contribution in [0.2, 0.25) is 0 Å². The summed E-state index contributed by atoms with van der Waals surface area (Å²) in [6.45, 7) is 7.35. The SMILES string of the molecule is C=CCc1cccc(/C=N\NC(=O)c2nc3nc(C)cc(C)n3n2)c1O. The Morgan fingerprint density at radius 1 is 1.38 bits per heavy atom. The quantitative estimate of drug-likeness (QED) is 0.416. The first-order valence-electron chi connectivity index (χ1n) is 7.95. The van der Waals surface area contributed by atoms with Gasteiger partial charge in [-0.05, 0) is 38.0 Å². The fourth-order valence-corrected chi connectivity index (χ4v) is 2.51. The van der Waals surface area contributed by atoms with E-state index in [1.165, 1.54) is 10.7 Å². The molecule has 2 aromatic heterocycles. The van der Waals surface area contributed by atoms with Crippen LogP contribution in [0.25, 0.3) is 5.78 Å². The van der Waals surface area contributed by atoms with Crippen LogP contribution >= 0.6 is 0 Å². The molecule has 0 saturated carbocycles. The number of benzene rings is 1. The van der Waals surface area contributed by atoms with Crippen LogP contribution in [-0.4, -0.2) is 36.8 Å². The molecular formula is C18H18N6O2. The number of carbonyl (C=O) groups is 1.